The highest BCUT2D eigenvalue weighted by atomic mass is 35.5. The molecule has 0 heterocycles. The number of nitrogens with one attached hydrogen (secondary N) is 1. The minimum absolute atomic E-state index is 0.115. The second kappa shape index (κ2) is 6.95. The molecule has 1 rings (SSSR count). The molecule has 0 radical (unpaired) electrons. The second-order valence-corrected chi connectivity index (χ2v) is 4.96. The molecule has 0 spiro atoms. The maximum absolute atomic E-state index is 11.7. The maximum atomic E-state index is 11.7. The lowest BCUT2D eigenvalue weighted by Crippen LogP contribution is -2.14. The molecule has 0 saturated carbocycles. The molecule has 5 heteroatoms. The molecule has 0 aliphatic rings. The quantitative estimate of drug-likeness (QED) is 0.813. The first kappa shape index (κ1) is 15.2. The number of carbonyl (C=O) groups excluding carboxylic acids is 1. The van der Waals surface area contributed by atoms with Gasteiger partial charge in [0.2, 0.25) is 5.91 Å². The molecular formula is C14H16ClNO3. The van der Waals surface area contributed by atoms with Crippen molar-refractivity contribution in [1.82, 2.24) is 0 Å². The molecule has 102 valence electrons. The summed E-state index contributed by atoms with van der Waals surface area (Å²) in [7, 11) is 0. The number of carboxylic acid groups (broad SMARTS) is 1. The van der Waals surface area contributed by atoms with Gasteiger partial charge in [0, 0.05) is 12.5 Å². The minimum Gasteiger partial charge on any atom is -0.478 e. The van der Waals surface area contributed by atoms with Crippen molar-refractivity contribution in [3.8, 4) is 0 Å². The standard InChI is InChI=1S/C14H16ClNO3/c1-9(2)7-13(17)16-12-8-10(3-5-11(12)15)4-6-14(18)19/h3-6,8-9H,7H2,1-2H3,(H,16,17)(H,18,19)/b6-4+. The molecule has 0 aliphatic heterocycles. The SMILES string of the molecule is CC(C)CC(=O)Nc1cc(/C=C/C(=O)O)ccc1Cl. The van der Waals surface area contributed by atoms with Crippen molar-refractivity contribution < 1.29 is 14.7 Å². The predicted octanol–water partition coefficient (Wildman–Crippen LogP) is 3.42. The summed E-state index contributed by atoms with van der Waals surface area (Å²) in [6, 6.07) is 4.94. The predicted molar refractivity (Wildman–Crippen MR) is 76.2 cm³/mol. The summed E-state index contributed by atoms with van der Waals surface area (Å²) in [6.07, 6.45) is 2.88. The summed E-state index contributed by atoms with van der Waals surface area (Å²) in [4.78, 5) is 22.1. The lowest BCUT2D eigenvalue weighted by Gasteiger charge is -2.09. The van der Waals surface area contributed by atoms with Crippen LogP contribution in [0, 0.1) is 5.92 Å². The Morgan fingerprint density at radius 3 is 2.68 bits per heavy atom. The average Bonchev–Trinajstić information content (AvgIpc) is 2.29. The third-order valence-electron chi connectivity index (χ3n) is 2.28. The van der Waals surface area contributed by atoms with Gasteiger partial charge in [-0.15, -0.1) is 0 Å². The van der Waals surface area contributed by atoms with Crippen LogP contribution in [0.5, 0.6) is 0 Å². The molecule has 0 bridgehead atoms. The number of aliphatic carboxylic acids is 1. The van der Waals surface area contributed by atoms with E-state index in [1.807, 2.05) is 13.8 Å². The monoisotopic (exact) mass is 281 g/mol. The molecule has 19 heavy (non-hydrogen) atoms. The van der Waals surface area contributed by atoms with Gasteiger partial charge in [0.05, 0.1) is 10.7 Å². The molecule has 1 aromatic rings. The maximum Gasteiger partial charge on any atom is 0.328 e. The molecule has 0 aromatic heterocycles. The van der Waals surface area contributed by atoms with Crippen molar-refractivity contribution in [1.29, 1.82) is 0 Å². The van der Waals surface area contributed by atoms with Crippen molar-refractivity contribution in [2.24, 2.45) is 5.92 Å². The summed E-state index contributed by atoms with van der Waals surface area (Å²) < 4.78 is 0. The van der Waals surface area contributed by atoms with Crippen molar-refractivity contribution in [2.75, 3.05) is 5.32 Å². The van der Waals surface area contributed by atoms with Crippen LogP contribution in [0.3, 0.4) is 0 Å². The van der Waals surface area contributed by atoms with Gasteiger partial charge in [-0.1, -0.05) is 31.5 Å². The van der Waals surface area contributed by atoms with Crippen LogP contribution in [-0.4, -0.2) is 17.0 Å². The number of hydrogen-bond donors (Lipinski definition) is 2. The summed E-state index contributed by atoms with van der Waals surface area (Å²) in [5.41, 5.74) is 1.14. The zero-order valence-corrected chi connectivity index (χ0v) is 11.6. The highest BCUT2D eigenvalue weighted by Gasteiger charge is 2.08. The number of amides is 1. The van der Waals surface area contributed by atoms with Crippen LogP contribution in [0.15, 0.2) is 24.3 Å². The Morgan fingerprint density at radius 1 is 1.42 bits per heavy atom. The van der Waals surface area contributed by atoms with Crippen LogP contribution in [-0.2, 0) is 9.59 Å². The van der Waals surface area contributed by atoms with Crippen molar-refractivity contribution >= 4 is 35.2 Å². The number of rotatable bonds is 5. The number of benzene rings is 1. The van der Waals surface area contributed by atoms with E-state index >= 15 is 0 Å². The van der Waals surface area contributed by atoms with E-state index in [9.17, 15) is 9.59 Å². The largest absolute Gasteiger partial charge is 0.478 e. The average molecular weight is 282 g/mol. The van der Waals surface area contributed by atoms with Crippen LogP contribution in [0.2, 0.25) is 5.02 Å². The summed E-state index contributed by atoms with van der Waals surface area (Å²) >= 11 is 5.98. The van der Waals surface area contributed by atoms with E-state index in [-0.39, 0.29) is 11.8 Å². The van der Waals surface area contributed by atoms with Gasteiger partial charge in [-0.2, -0.15) is 0 Å². The Kier molecular flexibility index (Phi) is 5.57. The molecular weight excluding hydrogens is 266 g/mol. The summed E-state index contributed by atoms with van der Waals surface area (Å²) in [5.74, 6) is -0.884. The normalized spacial score (nSPS) is 10.9. The fourth-order valence-electron chi connectivity index (χ4n) is 1.48. The van der Waals surface area contributed by atoms with Crippen LogP contribution in [0.25, 0.3) is 6.08 Å². The Bertz CT molecular complexity index is 509. The van der Waals surface area contributed by atoms with E-state index in [1.54, 1.807) is 18.2 Å². The van der Waals surface area contributed by atoms with Gasteiger partial charge in [0.15, 0.2) is 0 Å². The summed E-state index contributed by atoms with van der Waals surface area (Å²) in [6.45, 7) is 3.90. The van der Waals surface area contributed by atoms with E-state index in [0.29, 0.717) is 22.7 Å². The molecule has 0 aliphatic carbocycles. The highest BCUT2D eigenvalue weighted by molar-refractivity contribution is 6.33. The third kappa shape index (κ3) is 5.57. The van der Waals surface area contributed by atoms with Crippen LogP contribution in [0.4, 0.5) is 5.69 Å². The fraction of sp³-hybridized carbons (Fsp3) is 0.286. The number of halogens is 1. The van der Waals surface area contributed by atoms with Crippen LogP contribution >= 0.6 is 11.6 Å². The Balaban J connectivity index is 2.85. The van der Waals surface area contributed by atoms with Crippen LogP contribution < -0.4 is 5.32 Å². The molecule has 2 N–H and O–H groups in total. The van der Waals surface area contributed by atoms with E-state index in [0.717, 1.165) is 6.08 Å². The van der Waals surface area contributed by atoms with Crippen molar-refractivity contribution in [3.05, 3.63) is 34.9 Å². The van der Waals surface area contributed by atoms with Crippen molar-refractivity contribution in [3.63, 3.8) is 0 Å². The van der Waals surface area contributed by atoms with Crippen LogP contribution in [0.1, 0.15) is 25.8 Å². The number of hydrogen-bond acceptors (Lipinski definition) is 2. The molecule has 4 nitrogen and oxygen atoms in total. The fourth-order valence-corrected chi connectivity index (χ4v) is 1.65. The third-order valence-corrected chi connectivity index (χ3v) is 2.61. The van der Waals surface area contributed by atoms with Gasteiger partial charge in [-0.05, 0) is 29.7 Å². The van der Waals surface area contributed by atoms with E-state index < -0.39 is 5.97 Å². The first-order valence-corrected chi connectivity index (χ1v) is 6.26. The second-order valence-electron chi connectivity index (χ2n) is 4.56. The Morgan fingerprint density at radius 2 is 2.11 bits per heavy atom. The first-order valence-electron chi connectivity index (χ1n) is 5.89. The van der Waals surface area contributed by atoms with Gasteiger partial charge in [-0.3, -0.25) is 4.79 Å². The number of carboxylic acids is 1. The van der Waals surface area contributed by atoms with Gasteiger partial charge < -0.3 is 10.4 Å². The van der Waals surface area contributed by atoms with E-state index in [2.05, 4.69) is 5.32 Å². The Hall–Kier alpha value is -1.81. The Labute approximate surface area is 117 Å². The van der Waals surface area contributed by atoms with Gasteiger partial charge in [0.25, 0.3) is 0 Å². The van der Waals surface area contributed by atoms with Gasteiger partial charge in [0.1, 0.15) is 0 Å². The minimum atomic E-state index is -1.03. The van der Waals surface area contributed by atoms with Crippen molar-refractivity contribution in [2.45, 2.75) is 20.3 Å². The molecule has 1 aromatic carbocycles. The van der Waals surface area contributed by atoms with Gasteiger partial charge >= 0.3 is 5.97 Å². The first-order chi connectivity index (χ1) is 8.88. The lowest BCUT2D eigenvalue weighted by atomic mass is 10.1. The van der Waals surface area contributed by atoms with Gasteiger partial charge in [-0.25, -0.2) is 4.79 Å². The molecule has 0 saturated heterocycles. The smallest absolute Gasteiger partial charge is 0.328 e. The molecule has 1 amide bonds. The molecule has 0 unspecified atom stereocenters. The molecule has 0 fully saturated rings. The topological polar surface area (TPSA) is 66.4 Å². The highest BCUT2D eigenvalue weighted by Crippen LogP contribution is 2.24. The zero-order valence-electron chi connectivity index (χ0n) is 10.8. The zero-order chi connectivity index (χ0) is 14.4. The number of anilines is 1. The van der Waals surface area contributed by atoms with E-state index in [4.69, 9.17) is 16.7 Å². The molecule has 0 atom stereocenters. The lowest BCUT2D eigenvalue weighted by molar-refractivity contribution is -0.131. The summed E-state index contributed by atoms with van der Waals surface area (Å²) in [5, 5.41) is 11.7. The number of carbonyl (C=O) groups is 2. The van der Waals surface area contributed by atoms with E-state index in [1.165, 1.54) is 6.08 Å².